The van der Waals surface area contributed by atoms with Crippen molar-refractivity contribution < 1.29 is 12.8 Å². The van der Waals surface area contributed by atoms with Crippen molar-refractivity contribution in [2.45, 2.75) is 0 Å². The smallest absolute Gasteiger partial charge is 0.222 e. The summed E-state index contributed by atoms with van der Waals surface area (Å²) in [5.41, 5.74) is 0.237. The molecule has 1 rings (SSSR count). The molecule has 0 aliphatic heterocycles. The Morgan fingerprint density at radius 2 is 2.09 bits per heavy atom. The van der Waals surface area contributed by atoms with Crippen molar-refractivity contribution in [2.75, 3.05) is 4.72 Å². The van der Waals surface area contributed by atoms with Crippen molar-refractivity contribution in [3.8, 4) is 0 Å². The van der Waals surface area contributed by atoms with Gasteiger partial charge in [-0.05, 0) is 18.2 Å². The van der Waals surface area contributed by atoms with Crippen molar-refractivity contribution >= 4 is 16.6 Å². The number of anilines is 1. The fraction of sp³-hybridized carbons (Fsp3) is 0. The third kappa shape index (κ3) is 2.55. The molecule has 0 aliphatic rings. The summed E-state index contributed by atoms with van der Waals surface area (Å²) in [7, 11) is -2.71. The number of nitrogens with one attached hydrogen (secondary N) is 1. The van der Waals surface area contributed by atoms with Gasteiger partial charge in [-0.2, -0.15) is 0 Å². The van der Waals surface area contributed by atoms with Gasteiger partial charge < -0.3 is 0 Å². The molecule has 0 spiro atoms. The van der Waals surface area contributed by atoms with Gasteiger partial charge in [0.2, 0.25) is 10.9 Å². The quantitative estimate of drug-likeness (QED) is 0.652. The first-order valence-electron chi connectivity index (χ1n) is 2.85. The number of hydrogen-bond acceptors (Lipinski definition) is 2. The van der Waals surface area contributed by atoms with Crippen LogP contribution in [0.5, 0.6) is 0 Å². The van der Waals surface area contributed by atoms with E-state index in [1.807, 2.05) is 0 Å². The standard InChI is InChI=1S/C6H6FNO2S/c7-5-2-1-3-6(4-5)8-11(9)10/h1-4,11H,(H,8,9,10). The molecule has 3 nitrogen and oxygen atoms in total. The molecule has 60 valence electrons. The van der Waals surface area contributed by atoms with Crippen LogP contribution in [0.2, 0.25) is 0 Å². The number of rotatable bonds is 2. The lowest BCUT2D eigenvalue weighted by molar-refractivity contribution is 0.618. The molecular formula is C6H6FNO2S. The molecule has 0 unspecified atom stereocenters. The van der Waals surface area contributed by atoms with E-state index in [2.05, 4.69) is 4.72 Å². The van der Waals surface area contributed by atoms with Crippen LogP contribution >= 0.6 is 0 Å². The number of hydrogen-bond donors (Lipinski definition) is 2. The Hall–Kier alpha value is -1.10. The normalized spacial score (nSPS) is 10.0. The molecule has 0 saturated carbocycles. The van der Waals surface area contributed by atoms with Gasteiger partial charge >= 0.3 is 0 Å². The lowest BCUT2D eigenvalue weighted by atomic mass is 10.3. The maximum absolute atomic E-state index is 12.4. The predicted molar refractivity (Wildman–Crippen MR) is 40.3 cm³/mol. The molecule has 0 saturated heterocycles. The van der Waals surface area contributed by atoms with E-state index in [0.717, 1.165) is 6.07 Å². The summed E-state index contributed by atoms with van der Waals surface area (Å²) in [6.07, 6.45) is 0. The van der Waals surface area contributed by atoms with Gasteiger partial charge in [0.25, 0.3) is 0 Å². The lowest BCUT2D eigenvalue weighted by Crippen LogP contribution is -1.94. The van der Waals surface area contributed by atoms with Crippen LogP contribution in [0.3, 0.4) is 0 Å². The van der Waals surface area contributed by atoms with E-state index < -0.39 is 16.7 Å². The van der Waals surface area contributed by atoms with E-state index >= 15 is 0 Å². The summed E-state index contributed by atoms with van der Waals surface area (Å²) in [5, 5.41) is 0. The molecule has 0 radical (unpaired) electrons. The number of thiol groups is 1. The Morgan fingerprint density at radius 3 is 2.64 bits per heavy atom. The summed E-state index contributed by atoms with van der Waals surface area (Å²) < 4.78 is 34.6. The second kappa shape index (κ2) is 3.34. The predicted octanol–water partition coefficient (Wildman–Crippen LogP) is 0.764. The Kier molecular flexibility index (Phi) is 2.43. The molecule has 1 aromatic rings. The summed E-state index contributed by atoms with van der Waals surface area (Å²) in [4.78, 5) is 0. The topological polar surface area (TPSA) is 46.2 Å². The van der Waals surface area contributed by atoms with E-state index in [4.69, 9.17) is 0 Å². The number of halogens is 1. The third-order valence-electron chi connectivity index (χ3n) is 1.05. The van der Waals surface area contributed by atoms with Gasteiger partial charge in [0.1, 0.15) is 5.82 Å². The summed E-state index contributed by atoms with van der Waals surface area (Å²) >= 11 is 0. The summed E-state index contributed by atoms with van der Waals surface area (Å²) in [5.74, 6) is -0.466. The molecule has 1 N–H and O–H groups in total. The van der Waals surface area contributed by atoms with Crippen molar-refractivity contribution in [1.29, 1.82) is 0 Å². The Morgan fingerprint density at radius 1 is 1.36 bits per heavy atom. The highest BCUT2D eigenvalue weighted by atomic mass is 32.2. The minimum Gasteiger partial charge on any atom is -0.286 e. The second-order valence-electron chi connectivity index (χ2n) is 1.88. The van der Waals surface area contributed by atoms with Crippen molar-refractivity contribution in [1.82, 2.24) is 0 Å². The number of benzene rings is 1. The van der Waals surface area contributed by atoms with Gasteiger partial charge in [-0.1, -0.05) is 6.07 Å². The average molecular weight is 175 g/mol. The van der Waals surface area contributed by atoms with Crippen LogP contribution in [0.15, 0.2) is 24.3 Å². The molecule has 1 aromatic carbocycles. The van der Waals surface area contributed by atoms with Crippen molar-refractivity contribution in [2.24, 2.45) is 0 Å². The molecule has 0 fully saturated rings. The van der Waals surface area contributed by atoms with Crippen molar-refractivity contribution in [3.05, 3.63) is 30.1 Å². The summed E-state index contributed by atoms with van der Waals surface area (Å²) in [6, 6.07) is 5.24. The molecular weight excluding hydrogens is 169 g/mol. The average Bonchev–Trinajstić information content (AvgIpc) is 1.85. The first-order chi connectivity index (χ1) is 5.18. The molecule has 0 amide bonds. The lowest BCUT2D eigenvalue weighted by Gasteiger charge is -1.96. The van der Waals surface area contributed by atoms with Gasteiger partial charge in [-0.15, -0.1) is 0 Å². The van der Waals surface area contributed by atoms with Crippen molar-refractivity contribution in [3.63, 3.8) is 0 Å². The van der Waals surface area contributed by atoms with Gasteiger partial charge in [0.15, 0.2) is 0 Å². The highest BCUT2D eigenvalue weighted by Gasteiger charge is 1.92. The van der Waals surface area contributed by atoms with E-state index in [1.54, 1.807) is 0 Å². The highest BCUT2D eigenvalue weighted by molar-refractivity contribution is 7.73. The fourth-order valence-corrected chi connectivity index (χ4v) is 1.01. The molecule has 11 heavy (non-hydrogen) atoms. The second-order valence-corrected chi connectivity index (χ2v) is 2.62. The molecule has 0 atom stereocenters. The van der Waals surface area contributed by atoms with E-state index in [0.29, 0.717) is 0 Å². The van der Waals surface area contributed by atoms with E-state index in [-0.39, 0.29) is 5.69 Å². The zero-order valence-electron chi connectivity index (χ0n) is 5.45. The monoisotopic (exact) mass is 175 g/mol. The Labute approximate surface area is 64.9 Å². The summed E-state index contributed by atoms with van der Waals surface area (Å²) in [6.45, 7) is 0. The van der Waals surface area contributed by atoms with Crippen LogP contribution in [0.25, 0.3) is 0 Å². The molecule has 0 aromatic heterocycles. The van der Waals surface area contributed by atoms with Gasteiger partial charge in [0.05, 0.1) is 5.69 Å². The molecule has 0 aliphatic carbocycles. The van der Waals surface area contributed by atoms with Crippen LogP contribution in [0, 0.1) is 5.82 Å². The fourth-order valence-electron chi connectivity index (χ4n) is 0.663. The zero-order valence-corrected chi connectivity index (χ0v) is 6.35. The SMILES string of the molecule is O=[SH](=O)Nc1cccc(F)c1. The third-order valence-corrected chi connectivity index (χ3v) is 1.49. The Bertz CT molecular complexity index is 316. The Balaban J connectivity index is 2.87. The molecule has 5 heteroatoms. The van der Waals surface area contributed by atoms with E-state index in [9.17, 15) is 12.8 Å². The molecule has 0 bridgehead atoms. The largest absolute Gasteiger partial charge is 0.286 e. The minimum atomic E-state index is -2.71. The zero-order chi connectivity index (χ0) is 8.27. The maximum Gasteiger partial charge on any atom is 0.222 e. The van der Waals surface area contributed by atoms with Crippen LogP contribution in [-0.4, -0.2) is 8.42 Å². The minimum absolute atomic E-state index is 0.237. The highest BCUT2D eigenvalue weighted by Crippen LogP contribution is 2.07. The van der Waals surface area contributed by atoms with Gasteiger partial charge in [-0.25, -0.2) is 12.8 Å². The van der Waals surface area contributed by atoms with Crippen LogP contribution in [0.4, 0.5) is 10.1 Å². The molecule has 0 heterocycles. The van der Waals surface area contributed by atoms with E-state index in [1.165, 1.54) is 18.2 Å². The van der Waals surface area contributed by atoms with Gasteiger partial charge in [0, 0.05) is 0 Å². The van der Waals surface area contributed by atoms with Crippen LogP contribution in [0.1, 0.15) is 0 Å². The first-order valence-corrected chi connectivity index (χ1v) is 4.03. The van der Waals surface area contributed by atoms with Crippen LogP contribution < -0.4 is 4.72 Å². The maximum atomic E-state index is 12.4. The van der Waals surface area contributed by atoms with Crippen LogP contribution in [-0.2, 0) is 10.9 Å². The van der Waals surface area contributed by atoms with Gasteiger partial charge in [-0.3, -0.25) is 4.72 Å². The first kappa shape index (κ1) is 8.00.